The summed E-state index contributed by atoms with van der Waals surface area (Å²) in [6.45, 7) is 18.3. The van der Waals surface area contributed by atoms with Gasteiger partial charge in [0.15, 0.2) is 0 Å². The molecule has 0 bridgehead atoms. The molecule has 2 amide bonds. The Hall–Kier alpha value is -4.41. The number of pyridine rings is 2. The molecular weight excluding hydrogens is 570 g/mol. The minimum atomic E-state index is -0.453. The van der Waals surface area contributed by atoms with Crippen molar-refractivity contribution in [3.63, 3.8) is 0 Å². The standard InChI is InChI=1S/C39H49N5O2/c1-8-11-25-44-37-33(22-16-23-40-37)34(30-19-14-18-29(26-30)17-12-13-24-43(9-2)10-3)36(38(44)45)42-39(46)41-35-31(27(4)5)20-15-21-32(35)28(6)7/h14-16,18-23,26-28H,8-11,13,24-25H2,1-7H3,(H2,41,42,46). The van der Waals surface area contributed by atoms with Crippen LogP contribution in [0, 0.1) is 11.8 Å². The SMILES string of the molecule is CCCCn1c(=O)c(NC(=O)Nc2c(C(C)C)cccc2C(C)C)c(-c2cccc(C#CCCN(CC)CC)c2)c2cccnc21. The van der Waals surface area contributed by atoms with Gasteiger partial charge in [0.1, 0.15) is 11.3 Å². The van der Waals surface area contributed by atoms with Gasteiger partial charge in [-0.25, -0.2) is 9.78 Å². The number of carbonyl (C=O) groups is 1. The van der Waals surface area contributed by atoms with Crippen LogP contribution in [-0.2, 0) is 6.54 Å². The number of aryl methyl sites for hydroxylation is 1. The monoisotopic (exact) mass is 619 g/mol. The zero-order valence-electron chi connectivity index (χ0n) is 28.5. The summed E-state index contributed by atoms with van der Waals surface area (Å²) in [5.74, 6) is 7.04. The molecule has 0 fully saturated rings. The Bertz CT molecular complexity index is 1750. The Morgan fingerprint density at radius 1 is 0.913 bits per heavy atom. The summed E-state index contributed by atoms with van der Waals surface area (Å²) in [7, 11) is 0. The Kier molecular flexibility index (Phi) is 12.2. The van der Waals surface area contributed by atoms with Crippen LogP contribution < -0.4 is 16.2 Å². The van der Waals surface area contributed by atoms with Gasteiger partial charge in [0, 0.05) is 47.9 Å². The largest absolute Gasteiger partial charge is 0.323 e. The molecule has 0 spiro atoms. The average Bonchev–Trinajstić information content (AvgIpc) is 3.05. The lowest BCUT2D eigenvalue weighted by atomic mass is 9.93. The van der Waals surface area contributed by atoms with E-state index in [4.69, 9.17) is 0 Å². The van der Waals surface area contributed by atoms with Crippen LogP contribution in [0.15, 0.2) is 65.6 Å². The molecule has 0 aliphatic carbocycles. The number of benzene rings is 2. The summed E-state index contributed by atoms with van der Waals surface area (Å²) in [5, 5.41) is 6.94. The van der Waals surface area contributed by atoms with Gasteiger partial charge >= 0.3 is 6.03 Å². The highest BCUT2D eigenvalue weighted by atomic mass is 16.2. The number of nitrogens with one attached hydrogen (secondary N) is 2. The fourth-order valence-electron chi connectivity index (χ4n) is 5.84. The highest BCUT2D eigenvalue weighted by Crippen LogP contribution is 2.35. The summed E-state index contributed by atoms with van der Waals surface area (Å²) in [6, 6.07) is 17.4. The molecule has 0 unspecified atom stereocenters. The molecule has 2 aromatic heterocycles. The smallest absolute Gasteiger partial charge is 0.307 e. The normalized spacial score (nSPS) is 11.3. The molecule has 4 aromatic rings. The fourth-order valence-corrected chi connectivity index (χ4v) is 5.84. The van der Waals surface area contributed by atoms with E-state index in [-0.39, 0.29) is 23.1 Å². The second-order valence-electron chi connectivity index (χ2n) is 12.3. The number of urea groups is 1. The van der Waals surface area contributed by atoms with Crippen molar-refractivity contribution in [3.8, 4) is 23.0 Å². The van der Waals surface area contributed by atoms with Crippen molar-refractivity contribution in [1.82, 2.24) is 14.5 Å². The predicted octanol–water partition coefficient (Wildman–Crippen LogP) is 8.84. The second kappa shape index (κ2) is 16.2. The number of fused-ring (bicyclic) bond motifs is 1. The van der Waals surface area contributed by atoms with Gasteiger partial charge in [-0.05, 0) is 72.3 Å². The van der Waals surface area contributed by atoms with Crippen molar-refractivity contribution < 1.29 is 4.79 Å². The molecule has 0 saturated carbocycles. The van der Waals surface area contributed by atoms with E-state index in [2.05, 4.69) is 80.8 Å². The number of amides is 2. The van der Waals surface area contributed by atoms with Crippen LogP contribution in [0.3, 0.4) is 0 Å². The van der Waals surface area contributed by atoms with Crippen molar-refractivity contribution in [2.24, 2.45) is 0 Å². The summed E-state index contributed by atoms with van der Waals surface area (Å²) >= 11 is 0. The third-order valence-electron chi connectivity index (χ3n) is 8.44. The first kappa shape index (κ1) is 34.5. The fraction of sp³-hybridized carbons (Fsp3) is 0.410. The number of unbranched alkanes of at least 4 members (excludes halogenated alkanes) is 1. The summed E-state index contributed by atoms with van der Waals surface area (Å²) < 4.78 is 1.69. The molecule has 2 aromatic carbocycles. The van der Waals surface area contributed by atoms with Gasteiger partial charge < -0.3 is 15.5 Å². The highest BCUT2D eigenvalue weighted by molar-refractivity contribution is 6.07. The lowest BCUT2D eigenvalue weighted by molar-refractivity contribution is 0.262. The van der Waals surface area contributed by atoms with Crippen LogP contribution in [0.2, 0.25) is 0 Å². The predicted molar refractivity (Wildman–Crippen MR) is 193 cm³/mol. The first-order valence-electron chi connectivity index (χ1n) is 16.7. The molecule has 0 radical (unpaired) electrons. The van der Waals surface area contributed by atoms with Gasteiger partial charge in [-0.2, -0.15) is 0 Å². The van der Waals surface area contributed by atoms with Gasteiger partial charge in [-0.1, -0.05) is 97.1 Å². The number of nitrogens with zero attached hydrogens (tertiary/aromatic N) is 3. The van der Waals surface area contributed by atoms with Gasteiger partial charge in [0.25, 0.3) is 5.56 Å². The summed E-state index contributed by atoms with van der Waals surface area (Å²) in [5.41, 5.74) is 5.75. The van der Waals surface area contributed by atoms with Crippen LogP contribution in [0.5, 0.6) is 0 Å². The van der Waals surface area contributed by atoms with Crippen LogP contribution in [0.4, 0.5) is 16.2 Å². The number of carbonyl (C=O) groups excluding carboxylic acids is 1. The van der Waals surface area contributed by atoms with Gasteiger partial charge in [0.05, 0.1) is 0 Å². The Labute approximate surface area is 274 Å². The van der Waals surface area contributed by atoms with E-state index in [0.717, 1.165) is 72.2 Å². The molecule has 4 rings (SSSR count). The van der Waals surface area contributed by atoms with Crippen LogP contribution in [-0.4, -0.2) is 40.1 Å². The molecule has 2 heterocycles. The Morgan fingerprint density at radius 2 is 1.59 bits per heavy atom. The van der Waals surface area contributed by atoms with Crippen molar-refractivity contribution >= 4 is 28.4 Å². The third-order valence-corrected chi connectivity index (χ3v) is 8.44. The Morgan fingerprint density at radius 3 is 2.24 bits per heavy atom. The molecule has 0 aliphatic heterocycles. The van der Waals surface area contributed by atoms with Crippen molar-refractivity contribution in [2.75, 3.05) is 30.3 Å². The number of para-hydroxylation sites is 1. The lowest BCUT2D eigenvalue weighted by Crippen LogP contribution is -2.30. The molecule has 46 heavy (non-hydrogen) atoms. The van der Waals surface area contributed by atoms with E-state index in [0.29, 0.717) is 17.8 Å². The average molecular weight is 620 g/mol. The van der Waals surface area contributed by atoms with Crippen molar-refractivity contribution in [2.45, 2.75) is 86.1 Å². The van der Waals surface area contributed by atoms with Crippen molar-refractivity contribution in [3.05, 3.63) is 87.8 Å². The van der Waals surface area contributed by atoms with E-state index in [9.17, 15) is 9.59 Å². The number of anilines is 2. The van der Waals surface area contributed by atoms with E-state index < -0.39 is 6.03 Å². The van der Waals surface area contributed by atoms with Crippen LogP contribution in [0.25, 0.3) is 22.2 Å². The molecule has 2 N–H and O–H groups in total. The number of hydrogen-bond acceptors (Lipinski definition) is 4. The summed E-state index contributed by atoms with van der Waals surface area (Å²) in [4.78, 5) is 35.1. The van der Waals surface area contributed by atoms with Crippen molar-refractivity contribution in [1.29, 1.82) is 0 Å². The first-order valence-corrected chi connectivity index (χ1v) is 16.7. The zero-order chi connectivity index (χ0) is 33.2. The maximum absolute atomic E-state index is 14.3. The number of hydrogen-bond donors (Lipinski definition) is 2. The summed E-state index contributed by atoms with van der Waals surface area (Å²) in [6.07, 6.45) is 4.22. The maximum atomic E-state index is 14.3. The van der Waals surface area contributed by atoms with Crippen LogP contribution >= 0.6 is 0 Å². The Balaban J connectivity index is 1.83. The number of aromatic nitrogens is 2. The zero-order valence-corrected chi connectivity index (χ0v) is 28.5. The lowest BCUT2D eigenvalue weighted by Gasteiger charge is -2.21. The number of rotatable bonds is 12. The molecular formula is C39H49N5O2. The third kappa shape index (κ3) is 8.05. The van der Waals surface area contributed by atoms with E-state index in [1.807, 2.05) is 54.6 Å². The topological polar surface area (TPSA) is 79.3 Å². The van der Waals surface area contributed by atoms with Crippen LogP contribution in [0.1, 0.15) is 96.3 Å². The molecule has 0 atom stereocenters. The molecule has 7 heteroatoms. The first-order chi connectivity index (χ1) is 22.2. The highest BCUT2D eigenvalue weighted by Gasteiger charge is 2.22. The molecule has 242 valence electrons. The molecule has 0 saturated heterocycles. The van der Waals surface area contributed by atoms with Gasteiger partial charge in [-0.15, -0.1) is 0 Å². The minimum absolute atomic E-state index is 0.207. The van der Waals surface area contributed by atoms with Gasteiger partial charge in [0.2, 0.25) is 0 Å². The maximum Gasteiger partial charge on any atom is 0.323 e. The quantitative estimate of drug-likeness (QED) is 0.155. The van der Waals surface area contributed by atoms with E-state index in [1.165, 1.54) is 0 Å². The van der Waals surface area contributed by atoms with E-state index in [1.54, 1.807) is 10.8 Å². The second-order valence-corrected chi connectivity index (χ2v) is 12.3. The van der Waals surface area contributed by atoms with E-state index >= 15 is 0 Å². The minimum Gasteiger partial charge on any atom is -0.307 e. The van der Waals surface area contributed by atoms with Gasteiger partial charge in [-0.3, -0.25) is 9.36 Å². The molecule has 0 aliphatic rings. The molecule has 7 nitrogen and oxygen atoms in total.